The maximum Gasteiger partial charge on any atom is 0.256 e. The second kappa shape index (κ2) is 12.1. The molecule has 1 aliphatic rings. The lowest BCUT2D eigenvalue weighted by molar-refractivity contribution is 0.0637. The van der Waals surface area contributed by atoms with Crippen molar-refractivity contribution in [2.75, 3.05) is 52.4 Å². The minimum atomic E-state index is -0.285. The molecular weight excluding hydrogens is 532 g/mol. The predicted octanol–water partition coefficient (Wildman–Crippen LogP) is 4.00. The van der Waals surface area contributed by atoms with Crippen LogP contribution in [0.4, 0.5) is 5.82 Å². The number of nitrogens with one attached hydrogen (secondary N) is 2. The van der Waals surface area contributed by atoms with Crippen molar-refractivity contribution in [3.8, 4) is 16.9 Å². The van der Waals surface area contributed by atoms with Crippen LogP contribution in [0.15, 0.2) is 53.6 Å². The third-order valence-corrected chi connectivity index (χ3v) is 7.71. The van der Waals surface area contributed by atoms with Gasteiger partial charge >= 0.3 is 0 Å². The fourth-order valence-corrected chi connectivity index (χ4v) is 5.54. The van der Waals surface area contributed by atoms with Gasteiger partial charge in [0.05, 0.1) is 49.3 Å². The van der Waals surface area contributed by atoms with E-state index >= 15 is 0 Å². The maximum absolute atomic E-state index is 13.9. The zero-order valence-electron chi connectivity index (χ0n) is 25.1. The van der Waals surface area contributed by atoms with E-state index in [9.17, 15) is 9.59 Å². The van der Waals surface area contributed by atoms with Gasteiger partial charge in [-0.15, -0.1) is 0 Å². The van der Waals surface area contributed by atoms with E-state index in [1.165, 1.54) is 7.11 Å². The van der Waals surface area contributed by atoms with E-state index in [0.717, 1.165) is 52.5 Å². The Morgan fingerprint density at radius 2 is 1.95 bits per heavy atom. The van der Waals surface area contributed by atoms with Crippen molar-refractivity contribution in [2.24, 2.45) is 0 Å². The minimum absolute atomic E-state index is 0.0297. The highest BCUT2D eigenvalue weighted by Gasteiger charge is 2.24. The lowest BCUT2D eigenvalue weighted by Crippen LogP contribution is -2.36. The number of carbonyl (C=O) groups is 1. The third-order valence-electron chi connectivity index (χ3n) is 7.71. The molecule has 4 aromatic heterocycles. The first kappa shape index (κ1) is 28.9. The van der Waals surface area contributed by atoms with E-state index in [-0.39, 0.29) is 18.0 Å². The summed E-state index contributed by atoms with van der Waals surface area (Å²) < 4.78 is 13.2. The molecule has 1 aliphatic heterocycles. The molecule has 0 saturated carbocycles. The number of hydrogen-bond donors (Lipinski definition) is 2. The summed E-state index contributed by atoms with van der Waals surface area (Å²) in [6.45, 7) is 8.64. The topological polar surface area (TPSA) is 104 Å². The highest BCUT2D eigenvalue weighted by molar-refractivity contribution is 5.99. The molecule has 2 N–H and O–H groups in total. The zero-order valence-corrected chi connectivity index (χ0v) is 25.1. The quantitative estimate of drug-likeness (QED) is 0.330. The summed E-state index contributed by atoms with van der Waals surface area (Å²) in [6.07, 6.45) is 5.96. The third kappa shape index (κ3) is 5.49. The van der Waals surface area contributed by atoms with Gasteiger partial charge in [-0.25, -0.2) is 4.98 Å². The van der Waals surface area contributed by atoms with Crippen molar-refractivity contribution in [3.05, 3.63) is 87.2 Å². The van der Waals surface area contributed by atoms with E-state index in [1.807, 2.05) is 51.0 Å². The van der Waals surface area contributed by atoms with Gasteiger partial charge in [0.25, 0.3) is 11.5 Å². The minimum Gasteiger partial charge on any atom is -0.496 e. The number of nitrogens with zero attached hydrogens (tertiary/aromatic N) is 4. The Bertz CT molecular complexity index is 1710. The highest BCUT2D eigenvalue weighted by atomic mass is 16.5. The number of hydrogen-bond acceptors (Lipinski definition) is 7. The second-order valence-electron chi connectivity index (χ2n) is 10.6. The van der Waals surface area contributed by atoms with Gasteiger partial charge in [0.15, 0.2) is 0 Å². The molecule has 220 valence electrons. The Kier molecular flexibility index (Phi) is 8.35. The Morgan fingerprint density at radius 3 is 2.64 bits per heavy atom. The molecule has 4 aromatic rings. The summed E-state index contributed by atoms with van der Waals surface area (Å²) in [6, 6.07) is 9.79. The number of ether oxygens (including phenoxy) is 2. The predicted molar refractivity (Wildman–Crippen MR) is 165 cm³/mol. The number of pyridine rings is 3. The molecule has 5 rings (SSSR count). The van der Waals surface area contributed by atoms with Gasteiger partial charge in [0, 0.05) is 56.4 Å². The first-order chi connectivity index (χ1) is 20.2. The van der Waals surface area contributed by atoms with Crippen molar-refractivity contribution in [3.63, 3.8) is 0 Å². The number of anilines is 1. The largest absolute Gasteiger partial charge is 0.496 e. The summed E-state index contributed by atoms with van der Waals surface area (Å²) in [5, 5.41) is 2.98. The number of rotatable bonds is 8. The molecule has 0 atom stereocenters. The Balaban J connectivity index is 1.64. The van der Waals surface area contributed by atoms with Crippen LogP contribution in [-0.4, -0.2) is 72.7 Å². The number of amides is 1. The lowest BCUT2D eigenvalue weighted by Gasteiger charge is -2.32. The van der Waals surface area contributed by atoms with Gasteiger partial charge in [-0.2, -0.15) is 0 Å². The molecule has 1 saturated heterocycles. The van der Waals surface area contributed by atoms with Crippen LogP contribution >= 0.6 is 0 Å². The summed E-state index contributed by atoms with van der Waals surface area (Å²) in [7, 11) is 5.44. The SMILES string of the molecule is C/C=C(/c1c(C)c(C(=O)NCc2c(OC)cc(C)[nH]c2=O)cc2c(-c3ccnc(N(C)C)c3)ccn12)N1CCOCC1. The van der Waals surface area contributed by atoms with E-state index in [2.05, 4.69) is 42.9 Å². The number of methoxy groups -OCH3 is 1. The number of H-pyrrole nitrogens is 1. The van der Waals surface area contributed by atoms with Gasteiger partial charge in [0.1, 0.15) is 11.6 Å². The monoisotopic (exact) mass is 570 g/mol. The number of fused-ring (bicyclic) bond motifs is 1. The molecule has 0 unspecified atom stereocenters. The Morgan fingerprint density at radius 1 is 1.19 bits per heavy atom. The van der Waals surface area contributed by atoms with Crippen LogP contribution in [0.2, 0.25) is 0 Å². The van der Waals surface area contributed by atoms with E-state index in [4.69, 9.17) is 9.47 Å². The van der Waals surface area contributed by atoms with Crippen LogP contribution < -0.4 is 20.5 Å². The molecule has 0 radical (unpaired) electrons. The maximum atomic E-state index is 13.9. The molecule has 0 spiro atoms. The number of aryl methyl sites for hydroxylation is 1. The van der Waals surface area contributed by atoms with Crippen LogP contribution in [0.5, 0.6) is 5.75 Å². The van der Waals surface area contributed by atoms with Crippen LogP contribution in [0.1, 0.15) is 39.8 Å². The van der Waals surface area contributed by atoms with Crippen LogP contribution in [0, 0.1) is 13.8 Å². The first-order valence-corrected chi connectivity index (χ1v) is 14.1. The first-order valence-electron chi connectivity index (χ1n) is 14.1. The number of carbonyl (C=O) groups excluding carboxylic acids is 1. The fourth-order valence-electron chi connectivity index (χ4n) is 5.54. The molecule has 0 bridgehead atoms. The summed E-state index contributed by atoms with van der Waals surface area (Å²) >= 11 is 0. The van der Waals surface area contributed by atoms with Crippen molar-refractivity contribution in [1.29, 1.82) is 0 Å². The molecule has 42 heavy (non-hydrogen) atoms. The van der Waals surface area contributed by atoms with Crippen molar-refractivity contribution in [1.82, 2.24) is 24.6 Å². The molecule has 1 fully saturated rings. The number of morpholine rings is 1. The van der Waals surface area contributed by atoms with E-state index < -0.39 is 0 Å². The summed E-state index contributed by atoms with van der Waals surface area (Å²) in [4.78, 5) is 38.1. The molecule has 10 nitrogen and oxygen atoms in total. The van der Waals surface area contributed by atoms with Gasteiger partial charge in [0.2, 0.25) is 0 Å². The average molecular weight is 571 g/mol. The normalized spacial score (nSPS) is 13.9. The second-order valence-corrected chi connectivity index (χ2v) is 10.6. The van der Waals surface area contributed by atoms with E-state index in [0.29, 0.717) is 35.8 Å². The smallest absolute Gasteiger partial charge is 0.256 e. The molecule has 1 amide bonds. The van der Waals surface area contributed by atoms with Crippen molar-refractivity contribution < 1.29 is 14.3 Å². The van der Waals surface area contributed by atoms with Gasteiger partial charge in [-0.1, -0.05) is 6.08 Å². The van der Waals surface area contributed by atoms with Crippen LogP contribution in [-0.2, 0) is 11.3 Å². The van der Waals surface area contributed by atoms with Gasteiger partial charge < -0.3 is 34.0 Å². The number of allylic oxidation sites excluding steroid dienone is 1. The summed E-state index contributed by atoms with van der Waals surface area (Å²) in [5.41, 5.74) is 7.03. The van der Waals surface area contributed by atoms with E-state index in [1.54, 1.807) is 19.2 Å². The highest BCUT2D eigenvalue weighted by Crippen LogP contribution is 2.34. The van der Waals surface area contributed by atoms with Gasteiger partial charge in [-0.3, -0.25) is 9.59 Å². The molecule has 10 heteroatoms. The van der Waals surface area contributed by atoms with Crippen LogP contribution in [0.3, 0.4) is 0 Å². The standard InChI is InChI=1S/C32H38N6O4/c1-7-26(37-12-14-42-15-13-37)30-21(3)24(31(39)34-19-25-28(41-6)16-20(2)35-32(25)40)18-27-23(9-11-38(27)30)22-8-10-33-29(17-22)36(4)5/h7-11,16-18H,12-15,19H2,1-6H3,(H,34,39)(H,35,40)/b26-7-. The zero-order chi connectivity index (χ0) is 30.0. The summed E-state index contributed by atoms with van der Waals surface area (Å²) in [5.74, 6) is 1.01. The molecule has 0 aliphatic carbocycles. The lowest BCUT2D eigenvalue weighted by atomic mass is 10.0. The molecular formula is C32H38N6O4. The van der Waals surface area contributed by atoms with Crippen molar-refractivity contribution >= 4 is 22.9 Å². The van der Waals surface area contributed by atoms with Crippen molar-refractivity contribution in [2.45, 2.75) is 27.3 Å². The fraction of sp³-hybridized carbons (Fsp3) is 0.344. The number of aromatic amines is 1. The van der Waals surface area contributed by atoms with Gasteiger partial charge in [-0.05, 0) is 62.2 Å². The number of aromatic nitrogens is 3. The molecule has 5 heterocycles. The Hall–Kier alpha value is -4.57. The Labute approximate surface area is 245 Å². The molecule has 0 aromatic carbocycles. The van der Waals surface area contributed by atoms with Crippen LogP contribution in [0.25, 0.3) is 22.3 Å². The average Bonchev–Trinajstić information content (AvgIpc) is 3.41.